The quantitative estimate of drug-likeness (QED) is 0.624. The molecule has 2 aliphatic rings. The van der Waals surface area contributed by atoms with E-state index < -0.39 is 91.6 Å². The van der Waals surface area contributed by atoms with E-state index in [1.807, 2.05) is 0 Å². The lowest BCUT2D eigenvalue weighted by Gasteiger charge is -2.25. The van der Waals surface area contributed by atoms with E-state index >= 15 is 0 Å². The van der Waals surface area contributed by atoms with E-state index in [9.17, 15) is 24.0 Å². The van der Waals surface area contributed by atoms with Crippen LogP contribution in [0.2, 0.25) is 0 Å². The smallest absolute Gasteiger partial charge is 0.417 e. The summed E-state index contributed by atoms with van der Waals surface area (Å²) in [5, 5.41) is 9.10. The highest BCUT2D eigenvalue weighted by atomic mass is 16.6. The fourth-order valence-corrected chi connectivity index (χ4v) is 2.71. The molecule has 0 aliphatic carbocycles. The van der Waals surface area contributed by atoms with Gasteiger partial charge < -0.3 is 14.6 Å². The second-order valence-corrected chi connectivity index (χ2v) is 9.24. The summed E-state index contributed by atoms with van der Waals surface area (Å²) in [7, 11) is 0. The molecule has 0 aromatic rings. The first-order chi connectivity index (χ1) is 17.6. The predicted octanol–water partition coefficient (Wildman–Crippen LogP) is 3.42. The molecule has 32 heavy (non-hydrogen) atoms. The molecular weight excluding hydrogens is 420 g/mol. The van der Waals surface area contributed by atoms with Crippen LogP contribution in [0.25, 0.3) is 0 Å². The Morgan fingerprint density at radius 3 is 1.69 bits per heavy atom. The molecule has 0 saturated carbocycles. The van der Waals surface area contributed by atoms with Crippen molar-refractivity contribution in [2.45, 2.75) is 98.2 Å². The molecule has 2 heterocycles. The fourth-order valence-electron chi connectivity index (χ4n) is 2.71. The first kappa shape index (κ1) is 16.9. The zero-order valence-electron chi connectivity index (χ0n) is 27.2. The maximum Gasteiger partial charge on any atom is 0.417 e. The van der Waals surface area contributed by atoms with E-state index in [0.29, 0.717) is 0 Å². The molecule has 6 atom stereocenters. The number of ether oxygens (including phenoxy) is 2. The molecule has 0 aromatic carbocycles. The number of hydrogen-bond acceptors (Lipinski definition) is 7. The Morgan fingerprint density at radius 2 is 1.31 bits per heavy atom. The van der Waals surface area contributed by atoms with E-state index in [2.05, 4.69) is 0 Å². The van der Waals surface area contributed by atoms with Crippen molar-refractivity contribution < 1.29 is 49.5 Å². The van der Waals surface area contributed by atoms with Crippen LogP contribution in [0, 0.1) is 11.8 Å². The van der Waals surface area contributed by atoms with Gasteiger partial charge in [0.2, 0.25) is 11.8 Å². The number of carbonyl (C=O) groups excluding carboxylic acids is 4. The Labute approximate surface area is 200 Å². The molecule has 0 aromatic heterocycles. The van der Waals surface area contributed by atoms with E-state index in [0.717, 1.165) is 4.90 Å². The second kappa shape index (κ2) is 9.87. The van der Waals surface area contributed by atoms with Gasteiger partial charge in [-0.3, -0.25) is 9.59 Å². The molecule has 10 nitrogen and oxygen atoms in total. The van der Waals surface area contributed by atoms with Crippen LogP contribution >= 0.6 is 0 Å². The largest absolute Gasteiger partial charge is 0.480 e. The lowest BCUT2D eigenvalue weighted by molar-refractivity contribution is -0.145. The van der Waals surface area contributed by atoms with Crippen LogP contribution in [-0.4, -0.2) is 68.2 Å². The van der Waals surface area contributed by atoms with Crippen LogP contribution < -0.4 is 0 Å². The Kier molecular flexibility index (Phi) is 5.22. The Bertz CT molecular complexity index is 1020. The van der Waals surface area contributed by atoms with Gasteiger partial charge in [-0.1, -0.05) is 13.7 Å². The van der Waals surface area contributed by atoms with Crippen LogP contribution in [0.5, 0.6) is 0 Å². The summed E-state index contributed by atoms with van der Waals surface area (Å²) in [6, 6.07) is -2.69. The monoisotopic (exact) mass is 464 g/mol. The second-order valence-electron chi connectivity index (χ2n) is 9.24. The molecule has 10 heteroatoms. The van der Waals surface area contributed by atoms with Gasteiger partial charge in [0.1, 0.15) is 17.2 Å². The van der Waals surface area contributed by atoms with Crippen molar-refractivity contribution in [2.75, 3.05) is 0 Å². The normalized spacial score (nSPS) is 35.0. The Balaban J connectivity index is 0.000000402. The van der Waals surface area contributed by atoms with Crippen molar-refractivity contribution in [2.24, 2.45) is 11.8 Å². The SMILES string of the molecule is [2H][C@H]1[C@@H](C(=O)O)N(C(=O)OC(C)(C)C)C(=O)[C@H]1[12C]([2H])([2H])[2H].[2H][C@H]1[C@@H](C)N(C(=O)OC(C)(C)C)C(=O)[C@H]1[12C]([2H])([2H])[2H]. The van der Waals surface area contributed by atoms with Gasteiger partial charge in [0, 0.05) is 28.8 Å². The van der Waals surface area contributed by atoms with Crippen molar-refractivity contribution in [3.63, 3.8) is 0 Å². The number of imide groups is 2. The first-order valence-corrected chi connectivity index (χ1v) is 9.83. The zero-order valence-corrected chi connectivity index (χ0v) is 19.2. The third-order valence-electron chi connectivity index (χ3n) is 3.97. The highest BCUT2D eigenvalue weighted by Crippen LogP contribution is 2.27. The first-order valence-electron chi connectivity index (χ1n) is 14.0. The fraction of sp³-hybridized carbons (Fsp3) is 0.773. The van der Waals surface area contributed by atoms with Crippen molar-refractivity contribution >= 4 is 30.0 Å². The number of carbonyl (C=O) groups is 5. The van der Waals surface area contributed by atoms with Crippen molar-refractivity contribution in [3.05, 3.63) is 0 Å². The highest BCUT2D eigenvalue weighted by molar-refractivity contribution is 6.00. The molecule has 2 saturated heterocycles. The number of nitrogens with zero attached hydrogens (tertiary/aromatic N) is 2. The minimum Gasteiger partial charge on any atom is -0.480 e. The summed E-state index contributed by atoms with van der Waals surface area (Å²) in [6.45, 7) is 5.51. The molecule has 1 N–H and O–H groups in total. The van der Waals surface area contributed by atoms with Crippen molar-refractivity contribution in [3.8, 4) is 0 Å². The topological polar surface area (TPSA) is 131 Å². The van der Waals surface area contributed by atoms with Gasteiger partial charge in [-0.2, -0.15) is 0 Å². The van der Waals surface area contributed by atoms with Gasteiger partial charge in [-0.05, 0) is 61.3 Å². The summed E-state index contributed by atoms with van der Waals surface area (Å²) < 4.78 is 69.2. The van der Waals surface area contributed by atoms with E-state index in [4.69, 9.17) is 25.5 Å². The van der Waals surface area contributed by atoms with Gasteiger partial charge >= 0.3 is 18.2 Å². The third kappa shape index (κ3) is 7.20. The standard InChI is InChI=1S/C11H17NO5.C11H19NO3/c1-6-5-7(9(14)15)12(8(6)13)10(16)17-11(2,3)4;1-7-6-8(2)12(9(7)13)10(14)15-11(3,4)5/h6-7H,5H2,1-4H3,(H,14,15);7-8H,6H2,1-5H3/t6-,7-;7-,8+/m00/s1/i1+0D3,5D;1+0D3,6D/t5-,6+,7+;6-,7+,8-/m11. The maximum atomic E-state index is 12.1. The molecule has 0 spiro atoms. The number of carboxylic acids is 1. The summed E-state index contributed by atoms with van der Waals surface area (Å²) in [4.78, 5) is 60.2. The molecule has 4 amide bonds. The number of likely N-dealkylation sites (tertiary alicyclic amines) is 2. The highest BCUT2D eigenvalue weighted by Gasteiger charge is 2.46. The molecule has 0 bridgehead atoms. The molecule has 0 unspecified atom stereocenters. The lowest BCUT2D eigenvalue weighted by atomic mass is 10.1. The van der Waals surface area contributed by atoms with Crippen LogP contribution in [-0.2, 0) is 23.9 Å². The minimum atomic E-state index is -2.87. The Morgan fingerprint density at radius 1 is 0.906 bits per heavy atom. The summed E-state index contributed by atoms with van der Waals surface area (Å²) in [6.07, 6.45) is -5.11. The maximum absolute atomic E-state index is 12.1. The van der Waals surface area contributed by atoms with E-state index in [1.165, 1.54) is 27.7 Å². The van der Waals surface area contributed by atoms with E-state index in [1.54, 1.807) is 20.8 Å². The molecule has 2 fully saturated rings. The molecule has 2 rings (SSSR count). The number of amides is 4. The van der Waals surface area contributed by atoms with E-state index in [-0.39, 0.29) is 4.90 Å². The van der Waals surface area contributed by atoms with Crippen molar-refractivity contribution in [1.29, 1.82) is 0 Å². The van der Waals surface area contributed by atoms with Gasteiger partial charge in [0.25, 0.3) is 0 Å². The van der Waals surface area contributed by atoms with Crippen LogP contribution in [0.15, 0.2) is 0 Å². The number of aliphatic carboxylic acids is 1. The third-order valence-corrected chi connectivity index (χ3v) is 3.97. The molecule has 182 valence electrons. The molecule has 2 aliphatic heterocycles. The summed E-state index contributed by atoms with van der Waals surface area (Å²) in [5.41, 5.74) is -1.78. The number of carboxylic acid groups (broad SMARTS) is 1. The van der Waals surface area contributed by atoms with Crippen LogP contribution in [0.1, 0.15) is 85.9 Å². The lowest BCUT2D eigenvalue weighted by Crippen LogP contribution is -2.45. The molecular formula is C22H36N2O8. The van der Waals surface area contributed by atoms with Crippen LogP contribution in [0.4, 0.5) is 9.59 Å². The van der Waals surface area contributed by atoms with Gasteiger partial charge in [0.15, 0.2) is 0 Å². The van der Waals surface area contributed by atoms with Crippen LogP contribution in [0.3, 0.4) is 0 Å². The Hall–Kier alpha value is -2.65. The van der Waals surface area contributed by atoms with Gasteiger partial charge in [-0.25, -0.2) is 24.2 Å². The summed E-state index contributed by atoms with van der Waals surface area (Å²) >= 11 is 0. The average molecular weight is 465 g/mol. The molecule has 0 radical (unpaired) electrons. The van der Waals surface area contributed by atoms with Crippen molar-refractivity contribution in [1.82, 2.24) is 9.80 Å². The minimum absolute atomic E-state index is 0.224. The summed E-state index contributed by atoms with van der Waals surface area (Å²) in [5.74, 6) is -7.06. The zero-order chi connectivity index (χ0) is 31.9. The number of rotatable bonds is 1. The predicted molar refractivity (Wildman–Crippen MR) is 115 cm³/mol. The van der Waals surface area contributed by atoms with Gasteiger partial charge in [-0.15, -0.1) is 0 Å². The number of hydrogen-bond donors (Lipinski definition) is 1. The van der Waals surface area contributed by atoms with Gasteiger partial charge in [0.05, 0.1) is 0 Å². The average Bonchev–Trinajstić information content (AvgIpc) is 3.07.